The van der Waals surface area contributed by atoms with Crippen molar-refractivity contribution in [3.63, 3.8) is 0 Å². The van der Waals surface area contributed by atoms with Crippen molar-refractivity contribution in [2.45, 2.75) is 56.9 Å². The van der Waals surface area contributed by atoms with Gasteiger partial charge in [0.05, 0.1) is 42.6 Å². The summed E-state index contributed by atoms with van der Waals surface area (Å²) < 4.78 is 136. The van der Waals surface area contributed by atoms with E-state index in [4.69, 9.17) is 9.47 Å². The average Bonchev–Trinajstić information content (AvgIpc) is 3.74. The van der Waals surface area contributed by atoms with E-state index in [0.29, 0.717) is 29.9 Å². The van der Waals surface area contributed by atoms with Gasteiger partial charge in [0.2, 0.25) is 0 Å². The van der Waals surface area contributed by atoms with Crippen LogP contribution in [0.25, 0.3) is 0 Å². The number of amides is 2. The molecule has 1 aliphatic carbocycles. The number of benzene rings is 2. The SMILES string of the molecule is CCOC(=O)N1c2ccccc2[C@@H](N(Cc2cc(C(F)(F)F)cc(C(F)(F)F)c2)C(=O)OC)C(C(F)(F)F)[C@@H]1C1CC1. The summed E-state index contributed by atoms with van der Waals surface area (Å²) in [5.74, 6) is -3.15. The van der Waals surface area contributed by atoms with Gasteiger partial charge in [0.1, 0.15) is 5.92 Å². The maximum Gasteiger partial charge on any atom is 0.416 e. The van der Waals surface area contributed by atoms with Crippen molar-refractivity contribution in [3.8, 4) is 0 Å². The lowest BCUT2D eigenvalue weighted by atomic mass is 9.77. The van der Waals surface area contributed by atoms with E-state index in [9.17, 15) is 49.1 Å². The topological polar surface area (TPSA) is 59.1 Å². The Morgan fingerprint density at radius 3 is 1.98 bits per heavy atom. The summed E-state index contributed by atoms with van der Waals surface area (Å²) in [5.41, 5.74) is -4.36. The van der Waals surface area contributed by atoms with E-state index in [0.717, 1.165) is 12.0 Å². The molecule has 0 N–H and O–H groups in total. The van der Waals surface area contributed by atoms with Gasteiger partial charge < -0.3 is 9.47 Å². The minimum atomic E-state index is -5.23. The standard InChI is InChI=1S/C27H25F9N2O4/c1-3-42-24(40)38-19-7-5-4-6-18(19)22(20(27(34,35)36)21(38)15-8-9-15)37(23(39)41-2)13-14-10-16(25(28,29)30)12-17(11-14)26(31,32)33/h4-7,10-12,15,20-22H,3,8-9,13H2,1-2H3/t20?,21-,22+/m0/s1. The Labute approximate surface area is 234 Å². The molecule has 1 fully saturated rings. The average molecular weight is 612 g/mol. The van der Waals surface area contributed by atoms with E-state index in [2.05, 4.69) is 0 Å². The van der Waals surface area contributed by atoms with Crippen LogP contribution in [0.3, 0.4) is 0 Å². The summed E-state index contributed by atoms with van der Waals surface area (Å²) >= 11 is 0. The number of alkyl halides is 9. The van der Waals surface area contributed by atoms with E-state index in [1.165, 1.54) is 31.2 Å². The second-order valence-corrected chi connectivity index (χ2v) is 9.98. The highest BCUT2D eigenvalue weighted by molar-refractivity contribution is 5.91. The number of carbonyl (C=O) groups is 2. The van der Waals surface area contributed by atoms with Crippen LogP contribution in [0.2, 0.25) is 0 Å². The molecule has 3 atom stereocenters. The summed E-state index contributed by atoms with van der Waals surface area (Å²) in [6, 6.07) is 2.31. The van der Waals surface area contributed by atoms with Crippen molar-refractivity contribution in [1.82, 2.24) is 4.90 Å². The zero-order valence-corrected chi connectivity index (χ0v) is 22.1. The van der Waals surface area contributed by atoms with Gasteiger partial charge in [-0.05, 0) is 61.1 Å². The number of halogens is 9. The number of methoxy groups -OCH3 is 1. The Balaban J connectivity index is 1.94. The number of para-hydroxylation sites is 1. The van der Waals surface area contributed by atoms with Crippen molar-refractivity contribution >= 4 is 17.9 Å². The molecular weight excluding hydrogens is 587 g/mol. The maximum absolute atomic E-state index is 15.0. The molecule has 0 spiro atoms. The van der Waals surface area contributed by atoms with Crippen LogP contribution in [-0.4, -0.2) is 43.0 Å². The Morgan fingerprint density at radius 2 is 1.50 bits per heavy atom. The predicted octanol–water partition coefficient (Wildman–Crippen LogP) is 7.97. The van der Waals surface area contributed by atoms with E-state index in [1.807, 2.05) is 0 Å². The molecule has 1 heterocycles. The van der Waals surface area contributed by atoms with Crippen LogP contribution >= 0.6 is 0 Å². The van der Waals surface area contributed by atoms with Gasteiger partial charge in [-0.25, -0.2) is 9.59 Å². The van der Waals surface area contributed by atoms with Crippen molar-refractivity contribution in [3.05, 3.63) is 64.7 Å². The van der Waals surface area contributed by atoms with Crippen LogP contribution in [0, 0.1) is 11.8 Å². The van der Waals surface area contributed by atoms with E-state index >= 15 is 0 Å². The molecule has 2 amide bonds. The Kier molecular flexibility index (Phi) is 8.35. The molecule has 1 aliphatic heterocycles. The number of carbonyl (C=O) groups excluding carboxylic acids is 2. The van der Waals surface area contributed by atoms with Gasteiger partial charge in [0, 0.05) is 6.54 Å². The first-order valence-corrected chi connectivity index (χ1v) is 12.7. The van der Waals surface area contributed by atoms with E-state index in [-0.39, 0.29) is 23.9 Å². The van der Waals surface area contributed by atoms with Crippen LogP contribution in [0.1, 0.15) is 48.1 Å². The van der Waals surface area contributed by atoms with Crippen molar-refractivity contribution < 1.29 is 58.6 Å². The van der Waals surface area contributed by atoms with Crippen LogP contribution in [0.4, 0.5) is 54.8 Å². The van der Waals surface area contributed by atoms with Crippen LogP contribution < -0.4 is 4.90 Å². The number of ether oxygens (including phenoxy) is 2. The van der Waals surface area contributed by atoms with Gasteiger partial charge in [-0.2, -0.15) is 39.5 Å². The van der Waals surface area contributed by atoms with Crippen LogP contribution in [0.5, 0.6) is 0 Å². The Morgan fingerprint density at radius 1 is 0.929 bits per heavy atom. The van der Waals surface area contributed by atoms with Gasteiger partial charge in [-0.1, -0.05) is 18.2 Å². The Hall–Kier alpha value is -3.65. The molecule has 1 unspecified atom stereocenters. The highest BCUT2D eigenvalue weighted by atomic mass is 19.4. The number of hydrogen-bond donors (Lipinski definition) is 0. The summed E-state index contributed by atoms with van der Waals surface area (Å²) in [6.45, 7) is 0.218. The lowest BCUT2D eigenvalue weighted by Gasteiger charge is -2.49. The first-order valence-electron chi connectivity index (χ1n) is 12.7. The molecular formula is C27H25F9N2O4. The quantitative estimate of drug-likeness (QED) is 0.322. The lowest BCUT2D eigenvalue weighted by Crippen LogP contribution is -2.59. The van der Waals surface area contributed by atoms with Crippen LogP contribution in [-0.2, 0) is 28.4 Å². The molecule has 4 rings (SSSR count). The van der Waals surface area contributed by atoms with Crippen LogP contribution in [0.15, 0.2) is 42.5 Å². The third-order valence-electron chi connectivity index (χ3n) is 7.21. The fraction of sp³-hybridized carbons (Fsp3) is 0.481. The molecule has 0 radical (unpaired) electrons. The smallest absolute Gasteiger partial charge is 0.416 e. The molecule has 230 valence electrons. The van der Waals surface area contributed by atoms with Crippen molar-refractivity contribution in [1.29, 1.82) is 0 Å². The largest absolute Gasteiger partial charge is 0.453 e. The second kappa shape index (κ2) is 11.2. The van der Waals surface area contributed by atoms with E-state index in [1.54, 1.807) is 0 Å². The van der Waals surface area contributed by atoms with Crippen molar-refractivity contribution in [2.24, 2.45) is 11.8 Å². The number of nitrogens with zero attached hydrogens (tertiary/aromatic N) is 2. The molecule has 0 saturated heterocycles. The molecule has 2 aliphatic rings. The van der Waals surface area contributed by atoms with Gasteiger partial charge in [0.15, 0.2) is 0 Å². The molecule has 42 heavy (non-hydrogen) atoms. The zero-order valence-electron chi connectivity index (χ0n) is 22.1. The summed E-state index contributed by atoms with van der Waals surface area (Å²) in [5, 5.41) is 0. The third kappa shape index (κ3) is 6.24. The molecule has 15 heteroatoms. The second-order valence-electron chi connectivity index (χ2n) is 9.98. The fourth-order valence-corrected chi connectivity index (χ4v) is 5.45. The number of hydrogen-bond acceptors (Lipinski definition) is 4. The lowest BCUT2D eigenvalue weighted by molar-refractivity contribution is -0.200. The maximum atomic E-state index is 15.0. The van der Waals surface area contributed by atoms with E-state index < -0.39 is 77.9 Å². The number of rotatable bonds is 5. The van der Waals surface area contributed by atoms with Gasteiger partial charge in [0.25, 0.3) is 0 Å². The normalized spacial score (nSPS) is 21.0. The monoisotopic (exact) mass is 612 g/mol. The van der Waals surface area contributed by atoms with Gasteiger partial charge in [-0.3, -0.25) is 9.80 Å². The highest BCUT2D eigenvalue weighted by Gasteiger charge is 2.62. The molecule has 0 bridgehead atoms. The first-order chi connectivity index (χ1) is 19.5. The minimum absolute atomic E-state index is 0.0349. The molecule has 2 aromatic rings. The fourth-order valence-electron chi connectivity index (χ4n) is 5.45. The number of anilines is 1. The predicted molar refractivity (Wildman–Crippen MR) is 129 cm³/mol. The highest BCUT2D eigenvalue weighted by Crippen LogP contribution is 2.56. The first kappa shape index (κ1) is 31.3. The molecule has 0 aromatic heterocycles. The summed E-state index contributed by atoms with van der Waals surface area (Å²) in [7, 11) is 0.823. The molecule has 2 aromatic carbocycles. The third-order valence-corrected chi connectivity index (χ3v) is 7.21. The van der Waals surface area contributed by atoms with Gasteiger partial charge >= 0.3 is 30.7 Å². The summed E-state index contributed by atoms with van der Waals surface area (Å²) in [4.78, 5) is 27.4. The Bertz CT molecular complexity index is 1290. The molecule has 6 nitrogen and oxygen atoms in total. The van der Waals surface area contributed by atoms with Gasteiger partial charge in [-0.15, -0.1) is 0 Å². The zero-order chi connectivity index (χ0) is 31.2. The summed E-state index contributed by atoms with van der Waals surface area (Å²) in [6.07, 6.45) is -17.4. The molecule has 1 saturated carbocycles. The van der Waals surface area contributed by atoms with Crippen molar-refractivity contribution in [2.75, 3.05) is 18.6 Å². The number of fused-ring (bicyclic) bond motifs is 1. The minimum Gasteiger partial charge on any atom is -0.453 e.